The minimum absolute atomic E-state index is 0.0179. The second kappa shape index (κ2) is 9.51. The third-order valence-corrected chi connectivity index (χ3v) is 8.88. The number of anilines is 1. The molecule has 1 spiro atoms. The molecule has 0 unspecified atom stereocenters. The van der Waals surface area contributed by atoms with Gasteiger partial charge in [0.25, 0.3) is 0 Å². The SMILES string of the molecule is CN1CCN(CCCCNC(=O)[C@H]2[C@H](C(=O)Nc3ccc(Br)cc3)[C@@H]3C=C[C@H]2C32CC2)CC1. The molecule has 1 aliphatic heterocycles. The minimum atomic E-state index is -0.281. The third kappa shape index (κ3) is 4.64. The maximum absolute atomic E-state index is 13.3. The van der Waals surface area contributed by atoms with E-state index in [2.05, 4.69) is 55.6 Å². The van der Waals surface area contributed by atoms with Crippen LogP contribution >= 0.6 is 15.9 Å². The zero-order chi connectivity index (χ0) is 23.0. The molecule has 4 atom stereocenters. The molecular weight excluding hydrogens is 480 g/mol. The number of nitrogens with one attached hydrogen (secondary N) is 2. The molecule has 178 valence electrons. The van der Waals surface area contributed by atoms with Crippen molar-refractivity contribution in [2.75, 3.05) is 51.6 Å². The molecule has 3 fully saturated rings. The molecule has 0 radical (unpaired) electrons. The van der Waals surface area contributed by atoms with E-state index in [0.29, 0.717) is 6.54 Å². The van der Waals surface area contributed by atoms with Crippen molar-refractivity contribution in [2.45, 2.75) is 25.7 Å². The summed E-state index contributed by atoms with van der Waals surface area (Å²) in [4.78, 5) is 31.6. The molecule has 2 saturated carbocycles. The van der Waals surface area contributed by atoms with Crippen LogP contribution < -0.4 is 10.6 Å². The second-order valence-electron chi connectivity index (χ2n) is 10.4. The van der Waals surface area contributed by atoms with Gasteiger partial charge in [0.2, 0.25) is 11.8 Å². The average Bonchev–Trinajstić information content (AvgIpc) is 3.48. The summed E-state index contributed by atoms with van der Waals surface area (Å²) in [5.41, 5.74) is 0.938. The number of benzene rings is 1. The molecule has 5 rings (SSSR count). The third-order valence-electron chi connectivity index (χ3n) is 8.36. The van der Waals surface area contributed by atoms with E-state index in [9.17, 15) is 9.59 Å². The summed E-state index contributed by atoms with van der Waals surface area (Å²) in [7, 11) is 2.18. The predicted octanol–water partition coefficient (Wildman–Crippen LogP) is 3.36. The van der Waals surface area contributed by atoms with Crippen LogP contribution in [0, 0.1) is 29.1 Å². The minimum Gasteiger partial charge on any atom is -0.356 e. The smallest absolute Gasteiger partial charge is 0.228 e. The van der Waals surface area contributed by atoms with Gasteiger partial charge in [-0.3, -0.25) is 9.59 Å². The lowest BCUT2D eigenvalue weighted by Gasteiger charge is -2.32. The highest BCUT2D eigenvalue weighted by Gasteiger charge is 2.69. The predicted molar refractivity (Wildman–Crippen MR) is 134 cm³/mol. The van der Waals surface area contributed by atoms with Crippen molar-refractivity contribution < 1.29 is 9.59 Å². The lowest BCUT2D eigenvalue weighted by molar-refractivity contribution is -0.132. The molecule has 6 nitrogen and oxygen atoms in total. The number of nitrogens with zero attached hydrogens (tertiary/aromatic N) is 2. The van der Waals surface area contributed by atoms with E-state index in [1.165, 1.54) is 0 Å². The molecular formula is C26H35BrN4O2. The van der Waals surface area contributed by atoms with Gasteiger partial charge in [-0.15, -0.1) is 0 Å². The zero-order valence-corrected chi connectivity index (χ0v) is 21.0. The first-order chi connectivity index (χ1) is 16.0. The summed E-state index contributed by atoms with van der Waals surface area (Å²) in [6, 6.07) is 7.64. The Bertz CT molecular complexity index is 905. The lowest BCUT2D eigenvalue weighted by atomic mass is 9.81. The van der Waals surface area contributed by atoms with E-state index in [1.807, 2.05) is 24.3 Å². The first kappa shape index (κ1) is 23.1. The first-order valence-corrected chi connectivity index (χ1v) is 13.2. The average molecular weight is 515 g/mol. The Morgan fingerprint density at radius 2 is 1.61 bits per heavy atom. The van der Waals surface area contributed by atoms with E-state index >= 15 is 0 Å². The quantitative estimate of drug-likeness (QED) is 0.412. The molecule has 3 aliphatic carbocycles. The largest absolute Gasteiger partial charge is 0.356 e. The van der Waals surface area contributed by atoms with Crippen LogP contribution in [0.25, 0.3) is 0 Å². The van der Waals surface area contributed by atoms with Crippen LogP contribution in [0.1, 0.15) is 25.7 Å². The lowest BCUT2D eigenvalue weighted by Crippen LogP contribution is -2.45. The normalized spacial score (nSPS) is 30.0. The van der Waals surface area contributed by atoms with Crippen molar-refractivity contribution in [3.63, 3.8) is 0 Å². The van der Waals surface area contributed by atoms with Crippen LogP contribution in [0.15, 0.2) is 40.9 Å². The number of unbranched alkanes of at least 4 members (excludes halogenated alkanes) is 1. The molecule has 1 heterocycles. The second-order valence-corrected chi connectivity index (χ2v) is 11.3. The molecule has 4 aliphatic rings. The van der Waals surface area contributed by atoms with Crippen LogP contribution in [0.3, 0.4) is 0 Å². The van der Waals surface area contributed by atoms with Crippen molar-refractivity contribution in [3.05, 3.63) is 40.9 Å². The number of likely N-dealkylation sites (N-methyl/N-ethyl adjacent to an activating group) is 1. The van der Waals surface area contributed by atoms with Gasteiger partial charge < -0.3 is 20.4 Å². The molecule has 0 aromatic heterocycles. The fraction of sp³-hybridized carbons (Fsp3) is 0.615. The number of amides is 2. The summed E-state index contributed by atoms with van der Waals surface area (Å²) < 4.78 is 0.977. The number of rotatable bonds is 8. The van der Waals surface area contributed by atoms with Gasteiger partial charge >= 0.3 is 0 Å². The summed E-state index contributed by atoms with van der Waals surface area (Å²) in [5.74, 6) is -0.101. The van der Waals surface area contributed by atoms with Crippen molar-refractivity contribution in [1.29, 1.82) is 0 Å². The van der Waals surface area contributed by atoms with Crippen molar-refractivity contribution in [3.8, 4) is 0 Å². The molecule has 1 aromatic rings. The number of hydrogen-bond donors (Lipinski definition) is 2. The molecule has 2 bridgehead atoms. The van der Waals surface area contributed by atoms with Gasteiger partial charge in [-0.1, -0.05) is 28.1 Å². The summed E-state index contributed by atoms with van der Waals surface area (Å²) >= 11 is 3.44. The van der Waals surface area contributed by atoms with Gasteiger partial charge in [-0.25, -0.2) is 0 Å². The standard InChI is InChI=1S/C26H35BrN4O2/c1-30-14-16-31(17-15-30)13-3-2-12-28-24(32)22-20-8-9-21(26(20)10-11-26)23(22)25(33)29-19-6-4-18(27)5-7-19/h4-9,20-23H,2-3,10-17H2,1H3,(H,28,32)(H,29,33)/t20-,21+,22-,23-/m1/s1. The molecule has 1 aromatic carbocycles. The number of halogens is 1. The highest BCUT2D eigenvalue weighted by molar-refractivity contribution is 9.10. The molecule has 2 N–H and O–H groups in total. The first-order valence-electron chi connectivity index (χ1n) is 12.4. The van der Waals surface area contributed by atoms with Crippen LogP contribution in [-0.4, -0.2) is 67.9 Å². The molecule has 2 amide bonds. The Morgan fingerprint density at radius 3 is 2.24 bits per heavy atom. The highest BCUT2D eigenvalue weighted by Crippen LogP contribution is 2.72. The number of hydrogen-bond acceptors (Lipinski definition) is 4. The van der Waals surface area contributed by atoms with E-state index in [0.717, 1.165) is 68.6 Å². The van der Waals surface area contributed by atoms with Crippen LogP contribution in [0.2, 0.25) is 0 Å². The fourth-order valence-corrected chi connectivity index (χ4v) is 6.59. The van der Waals surface area contributed by atoms with E-state index in [-0.39, 0.29) is 40.9 Å². The zero-order valence-electron chi connectivity index (χ0n) is 19.4. The molecule has 33 heavy (non-hydrogen) atoms. The Labute approximate surface area is 205 Å². The van der Waals surface area contributed by atoms with Gasteiger partial charge in [-0.05, 0) is 80.8 Å². The summed E-state index contributed by atoms with van der Waals surface area (Å²) in [6.45, 7) is 6.34. The van der Waals surface area contributed by atoms with Crippen molar-refractivity contribution >= 4 is 33.4 Å². The number of piperazine rings is 1. The molecule has 1 saturated heterocycles. The van der Waals surface area contributed by atoms with Crippen LogP contribution in [-0.2, 0) is 9.59 Å². The maximum atomic E-state index is 13.3. The Hall–Kier alpha value is -1.70. The number of carbonyl (C=O) groups is 2. The van der Waals surface area contributed by atoms with Gasteiger partial charge in [0.05, 0.1) is 11.8 Å². The highest BCUT2D eigenvalue weighted by atomic mass is 79.9. The Morgan fingerprint density at radius 1 is 0.970 bits per heavy atom. The van der Waals surface area contributed by atoms with E-state index in [4.69, 9.17) is 0 Å². The van der Waals surface area contributed by atoms with Crippen LogP contribution in [0.4, 0.5) is 5.69 Å². The van der Waals surface area contributed by atoms with Gasteiger partial charge in [0, 0.05) is 42.9 Å². The molecule has 7 heteroatoms. The van der Waals surface area contributed by atoms with Gasteiger partial charge in [-0.2, -0.15) is 0 Å². The fourth-order valence-electron chi connectivity index (χ4n) is 6.33. The topological polar surface area (TPSA) is 64.7 Å². The van der Waals surface area contributed by atoms with Crippen molar-refractivity contribution in [1.82, 2.24) is 15.1 Å². The Kier molecular flexibility index (Phi) is 6.65. The van der Waals surface area contributed by atoms with Crippen LogP contribution in [0.5, 0.6) is 0 Å². The monoisotopic (exact) mass is 514 g/mol. The Balaban J connectivity index is 1.16. The van der Waals surface area contributed by atoms with Crippen molar-refractivity contribution in [2.24, 2.45) is 29.1 Å². The number of carbonyl (C=O) groups excluding carboxylic acids is 2. The summed E-state index contributed by atoms with van der Waals surface area (Å²) in [5, 5.41) is 6.27. The number of allylic oxidation sites excluding steroid dienone is 2. The summed E-state index contributed by atoms with van der Waals surface area (Å²) in [6.07, 6.45) is 8.77. The van der Waals surface area contributed by atoms with E-state index in [1.54, 1.807) is 0 Å². The van der Waals surface area contributed by atoms with E-state index < -0.39 is 0 Å². The van der Waals surface area contributed by atoms with Gasteiger partial charge in [0.1, 0.15) is 0 Å². The van der Waals surface area contributed by atoms with Gasteiger partial charge in [0.15, 0.2) is 0 Å². The maximum Gasteiger partial charge on any atom is 0.228 e.